The van der Waals surface area contributed by atoms with Gasteiger partial charge in [0.25, 0.3) is 0 Å². The topological polar surface area (TPSA) is 116 Å². The van der Waals surface area contributed by atoms with Gasteiger partial charge in [-0.25, -0.2) is 0 Å². The Balaban J connectivity index is 1.72. The number of hydrogen-bond donors (Lipinski definition) is 2. The second kappa shape index (κ2) is 7.19. The van der Waals surface area contributed by atoms with Gasteiger partial charge < -0.3 is 10.2 Å². The van der Waals surface area contributed by atoms with Crippen molar-refractivity contribution in [3.8, 4) is 5.75 Å². The summed E-state index contributed by atoms with van der Waals surface area (Å²) in [6.07, 6.45) is 2.90. The second-order valence-corrected chi connectivity index (χ2v) is 5.19. The van der Waals surface area contributed by atoms with Crippen molar-refractivity contribution in [3.05, 3.63) is 33.9 Å². The number of hydrogen-bond acceptors (Lipinski definition) is 6. The number of carboxylic acids is 1. The van der Waals surface area contributed by atoms with Crippen molar-refractivity contribution >= 4 is 11.7 Å². The highest BCUT2D eigenvalue weighted by atomic mass is 16.8. The van der Waals surface area contributed by atoms with Gasteiger partial charge in [0.1, 0.15) is 0 Å². The lowest BCUT2D eigenvalue weighted by Gasteiger charge is -2.01. The van der Waals surface area contributed by atoms with Crippen LogP contribution >= 0.6 is 0 Å². The molecular weight excluding hydrogens is 292 g/mol. The van der Waals surface area contributed by atoms with Gasteiger partial charge in [-0.2, -0.15) is 5.06 Å². The molecule has 0 bridgehead atoms. The first kappa shape index (κ1) is 16.2. The second-order valence-electron chi connectivity index (χ2n) is 5.19. The summed E-state index contributed by atoms with van der Waals surface area (Å²) < 4.78 is 0. The number of aliphatic carboxylic acids is 1. The smallest absolute Gasteiger partial charge is 0.310 e. The summed E-state index contributed by atoms with van der Waals surface area (Å²) in [7, 11) is 0. The van der Waals surface area contributed by atoms with E-state index in [-0.39, 0.29) is 24.1 Å². The van der Waals surface area contributed by atoms with Crippen molar-refractivity contribution in [2.75, 3.05) is 6.54 Å². The van der Waals surface area contributed by atoms with Crippen molar-refractivity contribution in [2.45, 2.75) is 38.3 Å². The summed E-state index contributed by atoms with van der Waals surface area (Å²) in [6, 6.07) is 4.29. The number of aromatic hydroxyl groups is 1. The van der Waals surface area contributed by atoms with Crippen LogP contribution in [0.3, 0.4) is 0 Å². The number of nitro benzene ring substituents is 1. The van der Waals surface area contributed by atoms with E-state index in [1.54, 1.807) is 11.1 Å². The Bertz CT molecular complexity index is 562. The summed E-state index contributed by atoms with van der Waals surface area (Å²) in [6.45, 7) is 0.713. The van der Waals surface area contributed by atoms with Crippen LogP contribution in [0.25, 0.3) is 0 Å². The SMILES string of the molecule is O=C(O)CCCCCN1O[C@H]1Cc1ccc(O)c([N+](=O)[O-])c1. The molecular formula is C14H18N2O6. The standard InChI is InChI=1S/C14H18N2O6/c17-12-6-5-10(8-11(12)16(20)21)9-13-15(22-13)7-3-1-2-4-14(18)19/h5-6,8,13,17H,1-4,7,9H2,(H,18,19)/t13-,15?/m0/s1. The molecule has 1 unspecified atom stereocenters. The van der Waals surface area contributed by atoms with Gasteiger partial charge in [-0.15, -0.1) is 0 Å². The van der Waals surface area contributed by atoms with E-state index in [1.807, 2.05) is 0 Å². The van der Waals surface area contributed by atoms with Crippen molar-refractivity contribution in [3.63, 3.8) is 0 Å². The molecule has 0 amide bonds. The number of nitrogens with zero attached hydrogens (tertiary/aromatic N) is 2. The fourth-order valence-electron chi connectivity index (χ4n) is 2.23. The number of carbonyl (C=O) groups is 1. The predicted molar refractivity (Wildman–Crippen MR) is 76.1 cm³/mol. The van der Waals surface area contributed by atoms with Gasteiger partial charge in [-0.05, 0) is 24.5 Å². The summed E-state index contributed by atoms with van der Waals surface area (Å²) in [5.41, 5.74) is 0.418. The van der Waals surface area contributed by atoms with E-state index in [0.717, 1.165) is 18.4 Å². The first-order valence-electron chi connectivity index (χ1n) is 7.09. The highest BCUT2D eigenvalue weighted by molar-refractivity contribution is 5.66. The maximum Gasteiger partial charge on any atom is 0.310 e. The molecule has 0 aliphatic carbocycles. The molecule has 2 atom stereocenters. The van der Waals surface area contributed by atoms with E-state index >= 15 is 0 Å². The molecule has 0 spiro atoms. The van der Waals surface area contributed by atoms with Crippen LogP contribution in [-0.4, -0.2) is 38.9 Å². The number of phenols is 1. The third-order valence-electron chi connectivity index (χ3n) is 3.45. The van der Waals surface area contributed by atoms with Crippen LogP contribution in [0.2, 0.25) is 0 Å². The molecule has 1 aliphatic heterocycles. The molecule has 8 nitrogen and oxygen atoms in total. The monoisotopic (exact) mass is 310 g/mol. The summed E-state index contributed by atoms with van der Waals surface area (Å²) in [5, 5.41) is 30.4. The molecule has 1 saturated heterocycles. The van der Waals surface area contributed by atoms with Crippen LogP contribution in [0.1, 0.15) is 31.2 Å². The van der Waals surface area contributed by atoms with Gasteiger partial charge in [0, 0.05) is 25.5 Å². The molecule has 8 heteroatoms. The molecule has 0 radical (unpaired) electrons. The third-order valence-corrected chi connectivity index (χ3v) is 3.45. The van der Waals surface area contributed by atoms with Gasteiger partial charge in [0.2, 0.25) is 0 Å². The van der Waals surface area contributed by atoms with E-state index in [0.29, 0.717) is 19.4 Å². The molecule has 22 heavy (non-hydrogen) atoms. The maximum atomic E-state index is 10.8. The van der Waals surface area contributed by atoms with E-state index in [4.69, 9.17) is 9.94 Å². The number of phenolic OH excluding ortho intramolecular Hbond substituents is 1. The minimum Gasteiger partial charge on any atom is -0.502 e. The van der Waals surface area contributed by atoms with Crippen LogP contribution in [0, 0.1) is 10.1 Å². The minimum absolute atomic E-state index is 0.108. The average Bonchev–Trinajstić information content (AvgIpc) is 3.18. The van der Waals surface area contributed by atoms with Crippen LogP contribution < -0.4 is 0 Å². The van der Waals surface area contributed by atoms with Gasteiger partial charge in [0.15, 0.2) is 12.0 Å². The lowest BCUT2D eigenvalue weighted by molar-refractivity contribution is -0.385. The molecule has 0 aromatic heterocycles. The Hall–Kier alpha value is -2.19. The predicted octanol–water partition coefficient (Wildman–Crippen LogP) is 2.06. The zero-order chi connectivity index (χ0) is 16.1. The Morgan fingerprint density at radius 3 is 2.82 bits per heavy atom. The maximum absolute atomic E-state index is 10.8. The number of nitro groups is 1. The Labute approximate surface area is 127 Å². The zero-order valence-electron chi connectivity index (χ0n) is 12.0. The van der Waals surface area contributed by atoms with Gasteiger partial charge >= 0.3 is 11.7 Å². The van der Waals surface area contributed by atoms with Gasteiger partial charge in [-0.3, -0.25) is 19.7 Å². The van der Waals surface area contributed by atoms with Crippen LogP contribution in [-0.2, 0) is 16.1 Å². The highest BCUT2D eigenvalue weighted by Gasteiger charge is 2.35. The lowest BCUT2D eigenvalue weighted by atomic mass is 10.1. The summed E-state index contributed by atoms with van der Waals surface area (Å²) in [4.78, 5) is 25.9. The number of rotatable bonds is 9. The minimum atomic E-state index is -0.783. The van der Waals surface area contributed by atoms with Crippen molar-refractivity contribution in [2.24, 2.45) is 0 Å². The van der Waals surface area contributed by atoms with E-state index in [2.05, 4.69) is 0 Å². The lowest BCUT2D eigenvalue weighted by Crippen LogP contribution is -2.07. The van der Waals surface area contributed by atoms with E-state index in [9.17, 15) is 20.0 Å². The van der Waals surface area contributed by atoms with Crippen molar-refractivity contribution in [1.29, 1.82) is 0 Å². The third kappa shape index (κ3) is 4.68. The first-order chi connectivity index (χ1) is 10.5. The molecule has 1 fully saturated rings. The van der Waals surface area contributed by atoms with Crippen LogP contribution in [0.4, 0.5) is 5.69 Å². The summed E-state index contributed by atoms with van der Waals surface area (Å²) in [5.74, 6) is -1.13. The fourth-order valence-corrected chi connectivity index (χ4v) is 2.23. The molecule has 1 aromatic carbocycles. The molecule has 2 N–H and O–H groups in total. The quantitative estimate of drug-likeness (QED) is 0.310. The molecule has 120 valence electrons. The van der Waals surface area contributed by atoms with Gasteiger partial charge in [-0.1, -0.05) is 12.5 Å². The molecule has 0 saturated carbocycles. The van der Waals surface area contributed by atoms with E-state index < -0.39 is 10.9 Å². The number of carboxylic acid groups (broad SMARTS) is 1. The normalized spacial score (nSPS) is 19.8. The number of benzene rings is 1. The Morgan fingerprint density at radius 2 is 2.14 bits per heavy atom. The van der Waals surface area contributed by atoms with E-state index in [1.165, 1.54) is 12.1 Å². The Morgan fingerprint density at radius 1 is 1.36 bits per heavy atom. The molecule has 1 aromatic rings. The number of unbranched alkanes of at least 4 members (excludes halogenated alkanes) is 2. The average molecular weight is 310 g/mol. The van der Waals surface area contributed by atoms with Crippen molar-refractivity contribution in [1.82, 2.24) is 5.06 Å². The first-order valence-corrected chi connectivity index (χ1v) is 7.09. The highest BCUT2D eigenvalue weighted by Crippen LogP contribution is 2.30. The molecule has 1 heterocycles. The van der Waals surface area contributed by atoms with Crippen LogP contribution in [0.5, 0.6) is 5.75 Å². The number of hydroxylamine groups is 2. The fraction of sp³-hybridized carbons (Fsp3) is 0.500. The van der Waals surface area contributed by atoms with Crippen molar-refractivity contribution < 1.29 is 24.8 Å². The summed E-state index contributed by atoms with van der Waals surface area (Å²) >= 11 is 0. The molecule has 2 rings (SSSR count). The largest absolute Gasteiger partial charge is 0.502 e. The van der Waals surface area contributed by atoms with Gasteiger partial charge in [0.05, 0.1) is 4.92 Å². The molecule has 1 aliphatic rings. The zero-order valence-corrected chi connectivity index (χ0v) is 12.0. The van der Waals surface area contributed by atoms with Crippen LogP contribution in [0.15, 0.2) is 18.2 Å². The Kier molecular flexibility index (Phi) is 5.29.